The molecule has 0 aromatic heterocycles. The highest BCUT2D eigenvalue weighted by Gasteiger charge is 2.77. The number of hydrogen-bond acceptors (Lipinski definition) is 6. The van der Waals surface area contributed by atoms with Crippen molar-refractivity contribution >= 4 is 35.5 Å². The van der Waals surface area contributed by atoms with Crippen LogP contribution in [-0.4, -0.2) is 48.2 Å². The van der Waals surface area contributed by atoms with Gasteiger partial charge in [0, 0.05) is 23.7 Å². The summed E-state index contributed by atoms with van der Waals surface area (Å²) in [6, 6.07) is 0. The van der Waals surface area contributed by atoms with Crippen LogP contribution < -0.4 is 0 Å². The molecule has 0 saturated heterocycles. The van der Waals surface area contributed by atoms with Crippen molar-refractivity contribution in [2.75, 3.05) is 26.7 Å². The summed E-state index contributed by atoms with van der Waals surface area (Å²) in [4.78, 5) is 25.6. The summed E-state index contributed by atoms with van der Waals surface area (Å²) >= 11 is 3.22. The van der Waals surface area contributed by atoms with Gasteiger partial charge in [-0.15, -0.1) is 23.5 Å². The van der Waals surface area contributed by atoms with Crippen LogP contribution >= 0.6 is 23.5 Å². The topological polar surface area (TPSA) is 52.6 Å². The van der Waals surface area contributed by atoms with Crippen LogP contribution in [0, 0.1) is 35.5 Å². The van der Waals surface area contributed by atoms with E-state index >= 15 is 0 Å². The third-order valence-corrected chi connectivity index (χ3v) is 9.59. The molecule has 0 N–H and O–H groups in total. The van der Waals surface area contributed by atoms with Gasteiger partial charge in [-0.1, -0.05) is 24.3 Å². The van der Waals surface area contributed by atoms with Crippen LogP contribution in [0.2, 0.25) is 0 Å². The zero-order chi connectivity index (χ0) is 17.3. The maximum atomic E-state index is 12.8. The predicted molar refractivity (Wildman–Crippen MR) is 95.7 cm³/mol. The summed E-state index contributed by atoms with van der Waals surface area (Å²) in [5.41, 5.74) is 0. The zero-order valence-corrected chi connectivity index (χ0v) is 15.9. The second kappa shape index (κ2) is 5.31. The molecule has 130 valence electrons. The third kappa shape index (κ3) is 1.52. The number of carbonyl (C=O) groups is 2. The lowest BCUT2D eigenvalue weighted by atomic mass is 9.82. The highest BCUT2D eigenvalue weighted by Crippen LogP contribution is 2.74. The van der Waals surface area contributed by atoms with Gasteiger partial charge in [-0.05, 0) is 24.3 Å². The summed E-state index contributed by atoms with van der Waals surface area (Å²) in [5, 5.41) is 0. The standard InChI is InChI=1S/C18H22O4S2/c1-21-15(19)17(23-3)9-5-7-11-13(9)14-10(17)6-8-12(14)18(11,24-4)16(20)22-2/h5-14H,1-4H3/t9-,10+,11+,12-,13?,14?,17?,18?. The Morgan fingerprint density at radius 3 is 1.25 bits per heavy atom. The van der Waals surface area contributed by atoms with Gasteiger partial charge in [0.05, 0.1) is 14.2 Å². The van der Waals surface area contributed by atoms with Gasteiger partial charge in [0.1, 0.15) is 9.49 Å². The van der Waals surface area contributed by atoms with Crippen molar-refractivity contribution < 1.29 is 19.1 Å². The van der Waals surface area contributed by atoms with E-state index in [0.29, 0.717) is 11.8 Å². The van der Waals surface area contributed by atoms with E-state index in [1.165, 1.54) is 14.2 Å². The van der Waals surface area contributed by atoms with Crippen LogP contribution in [0.1, 0.15) is 0 Å². The van der Waals surface area contributed by atoms with E-state index in [1.54, 1.807) is 23.5 Å². The molecule has 0 amide bonds. The zero-order valence-electron chi connectivity index (χ0n) is 14.2. The summed E-state index contributed by atoms with van der Waals surface area (Å²) < 4.78 is 9.30. The van der Waals surface area contributed by atoms with E-state index in [-0.39, 0.29) is 35.6 Å². The molecule has 4 nitrogen and oxygen atoms in total. The first kappa shape index (κ1) is 16.6. The molecule has 6 heteroatoms. The molecule has 0 spiro atoms. The SMILES string of the molecule is COC(=O)C1(SC)[C@@H]2C=C[C@H]3C2C2[C@@H](C=C[C@@H]21)C3(SC)C(=O)OC. The molecule has 0 heterocycles. The highest BCUT2D eigenvalue weighted by atomic mass is 32.2. The molecule has 24 heavy (non-hydrogen) atoms. The first-order chi connectivity index (χ1) is 11.5. The fourth-order valence-electron chi connectivity index (χ4n) is 6.13. The molecule has 0 bridgehead atoms. The molecular weight excluding hydrogens is 344 g/mol. The van der Waals surface area contributed by atoms with Crippen LogP contribution in [0.3, 0.4) is 0 Å². The van der Waals surface area contributed by atoms with Crippen LogP contribution in [-0.2, 0) is 19.1 Å². The molecule has 0 aromatic carbocycles. The Hall–Kier alpha value is -0.880. The van der Waals surface area contributed by atoms with Crippen LogP contribution in [0.25, 0.3) is 0 Å². The van der Waals surface area contributed by atoms with Gasteiger partial charge in [0.2, 0.25) is 0 Å². The average molecular weight is 367 g/mol. The number of allylic oxidation sites excluding steroid dienone is 4. The van der Waals surface area contributed by atoms with Gasteiger partial charge < -0.3 is 9.47 Å². The molecule has 4 aliphatic rings. The maximum absolute atomic E-state index is 12.8. The highest BCUT2D eigenvalue weighted by molar-refractivity contribution is 8.01. The second-order valence-electron chi connectivity index (χ2n) is 7.01. The Labute approximate surface area is 150 Å². The Bertz CT molecular complexity index is 571. The van der Waals surface area contributed by atoms with Crippen LogP contribution in [0.15, 0.2) is 24.3 Å². The maximum Gasteiger partial charge on any atom is 0.323 e. The van der Waals surface area contributed by atoms with E-state index in [9.17, 15) is 9.59 Å². The van der Waals surface area contributed by atoms with E-state index < -0.39 is 9.49 Å². The van der Waals surface area contributed by atoms with Crippen LogP contribution in [0.5, 0.6) is 0 Å². The monoisotopic (exact) mass is 366 g/mol. The van der Waals surface area contributed by atoms with Crippen LogP contribution in [0.4, 0.5) is 0 Å². The van der Waals surface area contributed by atoms with Crippen molar-refractivity contribution in [3.05, 3.63) is 24.3 Å². The molecule has 0 radical (unpaired) electrons. The number of methoxy groups -OCH3 is 2. The first-order valence-electron chi connectivity index (χ1n) is 8.18. The molecule has 4 unspecified atom stereocenters. The fraction of sp³-hybridized carbons (Fsp3) is 0.667. The van der Waals surface area contributed by atoms with Gasteiger partial charge in [0.25, 0.3) is 0 Å². The second-order valence-corrected chi connectivity index (χ2v) is 9.17. The van der Waals surface area contributed by atoms with E-state index in [2.05, 4.69) is 24.3 Å². The third-order valence-electron chi connectivity index (χ3n) is 6.82. The van der Waals surface area contributed by atoms with E-state index in [4.69, 9.17) is 9.47 Å². The minimum Gasteiger partial charge on any atom is -0.468 e. The number of carbonyl (C=O) groups excluding carboxylic acids is 2. The van der Waals surface area contributed by atoms with Gasteiger partial charge in [-0.3, -0.25) is 9.59 Å². The van der Waals surface area contributed by atoms with Crippen molar-refractivity contribution in [2.45, 2.75) is 9.49 Å². The molecule has 2 fully saturated rings. The first-order valence-corrected chi connectivity index (χ1v) is 10.6. The number of esters is 2. The van der Waals surface area contributed by atoms with Crippen molar-refractivity contribution in [1.82, 2.24) is 0 Å². The number of hydrogen-bond donors (Lipinski definition) is 0. The normalized spacial score (nSPS) is 49.5. The smallest absolute Gasteiger partial charge is 0.323 e. The quantitative estimate of drug-likeness (QED) is 0.563. The molecule has 0 aromatic rings. The predicted octanol–water partition coefficient (Wildman–Crippen LogP) is 2.40. The lowest BCUT2D eigenvalue weighted by Gasteiger charge is -2.37. The number of thioether (sulfide) groups is 2. The molecule has 4 rings (SSSR count). The Kier molecular flexibility index (Phi) is 3.67. The van der Waals surface area contributed by atoms with Gasteiger partial charge in [-0.25, -0.2) is 0 Å². The average Bonchev–Trinajstić information content (AvgIpc) is 3.31. The minimum absolute atomic E-state index is 0.117. The van der Waals surface area contributed by atoms with Crippen molar-refractivity contribution in [2.24, 2.45) is 35.5 Å². The van der Waals surface area contributed by atoms with Gasteiger partial charge in [0.15, 0.2) is 0 Å². The Balaban J connectivity index is 1.87. The summed E-state index contributed by atoms with van der Waals surface area (Å²) in [6.45, 7) is 0. The molecule has 4 aliphatic carbocycles. The van der Waals surface area contributed by atoms with Crippen molar-refractivity contribution in [1.29, 1.82) is 0 Å². The molecule has 0 aliphatic heterocycles. The molecule has 8 atom stereocenters. The summed E-state index contributed by atoms with van der Waals surface area (Å²) in [7, 11) is 2.95. The largest absolute Gasteiger partial charge is 0.468 e. The Morgan fingerprint density at radius 2 is 1.04 bits per heavy atom. The minimum atomic E-state index is -0.568. The van der Waals surface area contributed by atoms with E-state index in [0.717, 1.165) is 0 Å². The van der Waals surface area contributed by atoms with Gasteiger partial charge in [-0.2, -0.15) is 0 Å². The summed E-state index contributed by atoms with van der Waals surface area (Å²) in [6.07, 6.45) is 12.7. The Morgan fingerprint density at radius 1 is 0.750 bits per heavy atom. The lowest BCUT2D eigenvalue weighted by Crippen LogP contribution is -2.49. The number of rotatable bonds is 4. The van der Waals surface area contributed by atoms with Crippen molar-refractivity contribution in [3.8, 4) is 0 Å². The summed E-state index contributed by atoms with van der Waals surface area (Å²) in [5.74, 6) is 0.793. The molecule has 2 saturated carbocycles. The van der Waals surface area contributed by atoms with Gasteiger partial charge >= 0.3 is 11.9 Å². The fourth-order valence-corrected chi connectivity index (χ4v) is 8.66. The molecular formula is C18H22O4S2. The number of ether oxygens (including phenoxy) is 2. The lowest BCUT2D eigenvalue weighted by molar-refractivity contribution is -0.145. The van der Waals surface area contributed by atoms with E-state index in [1.807, 2.05) is 12.5 Å². The van der Waals surface area contributed by atoms with Crippen molar-refractivity contribution in [3.63, 3.8) is 0 Å².